The van der Waals surface area contributed by atoms with E-state index in [0.29, 0.717) is 27.3 Å². The number of methoxy groups -OCH3 is 3. The first kappa shape index (κ1) is 16.2. The zero-order valence-corrected chi connectivity index (χ0v) is 14.0. The second kappa shape index (κ2) is 6.74. The van der Waals surface area contributed by atoms with Crippen molar-refractivity contribution in [1.29, 1.82) is 0 Å². The van der Waals surface area contributed by atoms with Crippen molar-refractivity contribution in [2.24, 2.45) is 4.99 Å². The topological polar surface area (TPSA) is 60.4 Å². The fourth-order valence-corrected chi connectivity index (χ4v) is 3.05. The van der Waals surface area contributed by atoms with Crippen molar-refractivity contribution in [1.82, 2.24) is 4.90 Å². The summed E-state index contributed by atoms with van der Waals surface area (Å²) in [5, 5.41) is 0.663. The molecule has 2 rings (SSSR count). The first-order valence-electron chi connectivity index (χ1n) is 6.50. The first-order valence-corrected chi connectivity index (χ1v) is 7.32. The first-order chi connectivity index (χ1) is 10.6. The lowest BCUT2D eigenvalue weighted by atomic mass is 10.1. The van der Waals surface area contributed by atoms with Gasteiger partial charge in [-0.3, -0.25) is 14.7 Å². The van der Waals surface area contributed by atoms with Crippen LogP contribution >= 0.6 is 11.8 Å². The molecule has 1 saturated heterocycles. The number of thioether (sulfide) groups is 1. The lowest BCUT2D eigenvalue weighted by molar-refractivity contribution is -0.121. The summed E-state index contributed by atoms with van der Waals surface area (Å²) in [6, 6.07) is 3.60. The third kappa shape index (κ3) is 2.76. The molecule has 1 aromatic carbocycles. The molecule has 0 atom stereocenters. The maximum absolute atomic E-state index is 12.2. The SMILES string of the molecule is CN=C1S/C(=C/c2ccc(OC)c(OC)c2OC)C(=O)N1C. The van der Waals surface area contributed by atoms with E-state index in [2.05, 4.69) is 4.99 Å². The van der Waals surface area contributed by atoms with Crippen LogP contribution in [0.3, 0.4) is 0 Å². The average Bonchev–Trinajstić information content (AvgIpc) is 2.81. The second-order valence-electron chi connectivity index (χ2n) is 4.40. The number of nitrogens with zero attached hydrogens (tertiary/aromatic N) is 2. The number of hydrogen-bond donors (Lipinski definition) is 0. The molecule has 0 aliphatic carbocycles. The summed E-state index contributed by atoms with van der Waals surface area (Å²) in [6.07, 6.45) is 1.77. The summed E-state index contributed by atoms with van der Waals surface area (Å²) in [5.74, 6) is 1.49. The smallest absolute Gasteiger partial charge is 0.266 e. The van der Waals surface area contributed by atoms with Crippen LogP contribution < -0.4 is 14.2 Å². The van der Waals surface area contributed by atoms with Crippen LogP contribution in [0.25, 0.3) is 6.08 Å². The predicted molar refractivity (Wildman–Crippen MR) is 87.8 cm³/mol. The van der Waals surface area contributed by atoms with Crippen molar-refractivity contribution in [2.45, 2.75) is 0 Å². The van der Waals surface area contributed by atoms with Crippen molar-refractivity contribution in [3.8, 4) is 17.2 Å². The molecule has 1 aromatic rings. The van der Waals surface area contributed by atoms with Crippen LogP contribution in [-0.2, 0) is 4.79 Å². The van der Waals surface area contributed by atoms with Gasteiger partial charge in [-0.1, -0.05) is 0 Å². The van der Waals surface area contributed by atoms with Crippen LogP contribution in [0.2, 0.25) is 0 Å². The largest absolute Gasteiger partial charge is 0.493 e. The molecule has 6 nitrogen and oxygen atoms in total. The van der Waals surface area contributed by atoms with Gasteiger partial charge in [0.15, 0.2) is 16.7 Å². The summed E-state index contributed by atoms with van der Waals surface area (Å²) in [5.41, 5.74) is 0.738. The molecule has 7 heteroatoms. The predicted octanol–water partition coefficient (Wildman–Crippen LogP) is 2.24. The Balaban J connectivity index is 2.50. The Morgan fingerprint density at radius 2 is 1.82 bits per heavy atom. The minimum atomic E-state index is -0.0950. The van der Waals surface area contributed by atoms with E-state index in [-0.39, 0.29) is 5.91 Å². The van der Waals surface area contributed by atoms with Gasteiger partial charge >= 0.3 is 0 Å². The van der Waals surface area contributed by atoms with Crippen LogP contribution in [0.15, 0.2) is 22.0 Å². The molecule has 0 saturated carbocycles. The van der Waals surface area contributed by atoms with Gasteiger partial charge in [0.25, 0.3) is 5.91 Å². The quantitative estimate of drug-likeness (QED) is 0.796. The standard InChI is InChI=1S/C15H18N2O4S/c1-16-15-17(2)14(18)11(22-15)8-9-6-7-10(19-3)13(21-5)12(9)20-4/h6-8H,1-5H3/b11-8+,16-15?. The Bertz CT molecular complexity index is 655. The molecule has 0 radical (unpaired) electrons. The van der Waals surface area contributed by atoms with E-state index in [1.807, 2.05) is 6.07 Å². The average molecular weight is 322 g/mol. The summed E-state index contributed by atoms with van der Waals surface area (Å²) in [6.45, 7) is 0. The lowest BCUT2D eigenvalue weighted by Crippen LogP contribution is -2.23. The van der Waals surface area contributed by atoms with Crippen LogP contribution in [0.1, 0.15) is 5.56 Å². The van der Waals surface area contributed by atoms with Gasteiger partial charge in [-0.05, 0) is 30.0 Å². The Morgan fingerprint density at radius 1 is 1.14 bits per heavy atom. The number of benzene rings is 1. The third-order valence-electron chi connectivity index (χ3n) is 3.22. The van der Waals surface area contributed by atoms with Crippen molar-refractivity contribution in [3.05, 3.63) is 22.6 Å². The summed E-state index contributed by atoms with van der Waals surface area (Å²) in [4.78, 5) is 18.4. The highest BCUT2D eigenvalue weighted by Gasteiger charge is 2.30. The van der Waals surface area contributed by atoms with Crippen molar-refractivity contribution in [2.75, 3.05) is 35.4 Å². The monoisotopic (exact) mass is 322 g/mol. The van der Waals surface area contributed by atoms with E-state index in [4.69, 9.17) is 14.2 Å². The van der Waals surface area contributed by atoms with Gasteiger partial charge in [-0.15, -0.1) is 0 Å². The Kier molecular flexibility index (Phi) is 4.97. The zero-order valence-electron chi connectivity index (χ0n) is 13.2. The molecule has 22 heavy (non-hydrogen) atoms. The van der Waals surface area contributed by atoms with E-state index in [1.54, 1.807) is 47.6 Å². The molecule has 0 bridgehead atoms. The molecule has 0 unspecified atom stereocenters. The van der Waals surface area contributed by atoms with E-state index < -0.39 is 0 Å². The highest BCUT2D eigenvalue weighted by Crippen LogP contribution is 2.42. The summed E-state index contributed by atoms with van der Waals surface area (Å²) >= 11 is 1.32. The molecule has 1 aliphatic heterocycles. The van der Waals surface area contributed by atoms with E-state index in [9.17, 15) is 4.79 Å². The van der Waals surface area contributed by atoms with Gasteiger partial charge in [0, 0.05) is 19.7 Å². The Hall–Kier alpha value is -2.15. The van der Waals surface area contributed by atoms with Crippen molar-refractivity contribution in [3.63, 3.8) is 0 Å². The number of likely N-dealkylation sites (N-methyl/N-ethyl adjacent to an activating group) is 1. The molecule has 1 fully saturated rings. The van der Waals surface area contributed by atoms with Crippen LogP contribution in [0.4, 0.5) is 0 Å². The summed E-state index contributed by atoms with van der Waals surface area (Å²) in [7, 11) is 8.01. The van der Waals surface area contributed by atoms with Gasteiger partial charge in [-0.25, -0.2) is 0 Å². The minimum Gasteiger partial charge on any atom is -0.493 e. The molecule has 0 aromatic heterocycles. The molecule has 0 N–H and O–H groups in total. The van der Waals surface area contributed by atoms with Crippen molar-refractivity contribution >= 4 is 28.9 Å². The number of hydrogen-bond acceptors (Lipinski definition) is 6. The number of aliphatic imine (C=N–C) groups is 1. The number of carbonyl (C=O) groups is 1. The molecular weight excluding hydrogens is 304 g/mol. The van der Waals surface area contributed by atoms with Gasteiger partial charge in [0.2, 0.25) is 5.75 Å². The van der Waals surface area contributed by atoms with E-state index in [1.165, 1.54) is 16.7 Å². The van der Waals surface area contributed by atoms with Gasteiger partial charge < -0.3 is 14.2 Å². The molecular formula is C15H18N2O4S. The van der Waals surface area contributed by atoms with E-state index >= 15 is 0 Å². The van der Waals surface area contributed by atoms with E-state index in [0.717, 1.165) is 5.56 Å². The van der Waals surface area contributed by atoms with Gasteiger partial charge in [0.1, 0.15) is 0 Å². The number of carbonyl (C=O) groups excluding carboxylic acids is 1. The highest BCUT2D eigenvalue weighted by atomic mass is 32.2. The molecule has 1 aliphatic rings. The third-order valence-corrected chi connectivity index (χ3v) is 4.37. The normalized spacial score (nSPS) is 18.2. The van der Waals surface area contributed by atoms with Crippen LogP contribution in [0, 0.1) is 0 Å². The summed E-state index contributed by atoms with van der Waals surface area (Å²) < 4.78 is 16.0. The minimum absolute atomic E-state index is 0.0950. The fourth-order valence-electron chi connectivity index (χ4n) is 2.13. The maximum Gasteiger partial charge on any atom is 0.266 e. The molecule has 1 heterocycles. The van der Waals surface area contributed by atoms with Crippen LogP contribution in [0.5, 0.6) is 17.2 Å². The maximum atomic E-state index is 12.2. The highest BCUT2D eigenvalue weighted by molar-refractivity contribution is 8.18. The molecule has 0 spiro atoms. The number of ether oxygens (including phenoxy) is 3. The zero-order chi connectivity index (χ0) is 16.3. The van der Waals surface area contributed by atoms with Crippen molar-refractivity contribution < 1.29 is 19.0 Å². The number of amidine groups is 1. The number of rotatable bonds is 4. The fraction of sp³-hybridized carbons (Fsp3) is 0.333. The Morgan fingerprint density at radius 3 is 2.32 bits per heavy atom. The van der Waals surface area contributed by atoms with Crippen LogP contribution in [-0.4, -0.2) is 51.4 Å². The second-order valence-corrected chi connectivity index (χ2v) is 5.41. The molecule has 118 valence electrons. The molecule has 1 amide bonds. The Labute approximate surface area is 133 Å². The van der Waals surface area contributed by atoms with Gasteiger partial charge in [-0.2, -0.15) is 0 Å². The lowest BCUT2D eigenvalue weighted by Gasteiger charge is -2.14. The van der Waals surface area contributed by atoms with Gasteiger partial charge in [0.05, 0.1) is 26.2 Å². The number of amides is 1.